The van der Waals surface area contributed by atoms with E-state index >= 15 is 0 Å². The molecule has 0 spiro atoms. The summed E-state index contributed by atoms with van der Waals surface area (Å²) in [6, 6.07) is 0. The van der Waals surface area contributed by atoms with Crippen molar-refractivity contribution in [1.82, 2.24) is 0 Å². The molecule has 4 heterocycles. The normalized spacial score (nSPS) is 23.0. The van der Waals surface area contributed by atoms with E-state index in [9.17, 15) is 15.3 Å². The van der Waals surface area contributed by atoms with E-state index in [-0.39, 0.29) is 17.9 Å². The first-order valence-electron chi connectivity index (χ1n) is 17.9. The fourth-order valence-corrected chi connectivity index (χ4v) is 5.52. The highest BCUT2D eigenvalue weighted by atomic mass is 16.3. The van der Waals surface area contributed by atoms with Crippen LogP contribution in [-0.2, 0) is 0 Å². The van der Waals surface area contributed by atoms with E-state index in [2.05, 4.69) is 101 Å². The van der Waals surface area contributed by atoms with Gasteiger partial charge in [-0.3, -0.25) is 20.0 Å². The summed E-state index contributed by atoms with van der Waals surface area (Å²) in [5.41, 5.74) is 13.1. The standard InChI is InChI=1S/C11H19NO.C10H17NO2.C10H17N.C10H15N/c1-6(2)9-8(5)11(13)10(12-9)7(3)4;1-5(2)7-9(12)10(13)8(11-7)6(3)4;2*1-7(2)9-5-6-10(11-9)8(3)4/h6,8,11,13H,1-5H3;5,9-10,12-13H,1-4H3;7H,5-6H2,1-4H3;5-7H,1-4H3/t8-,11+;9-,10+;;/m00../s1. The van der Waals surface area contributed by atoms with Gasteiger partial charge >= 0.3 is 0 Å². The Morgan fingerprint density at radius 1 is 0.542 bits per heavy atom. The Bertz CT molecular complexity index is 1340. The van der Waals surface area contributed by atoms with Crippen molar-refractivity contribution in [3.63, 3.8) is 0 Å². The lowest BCUT2D eigenvalue weighted by Gasteiger charge is -2.13. The zero-order valence-corrected chi connectivity index (χ0v) is 33.3. The Balaban J connectivity index is 0.000000321. The Labute approximate surface area is 293 Å². The van der Waals surface area contributed by atoms with E-state index in [0.29, 0.717) is 29.2 Å². The van der Waals surface area contributed by atoms with Crippen molar-refractivity contribution in [3.05, 3.63) is 57.2 Å². The number of aliphatic hydroxyl groups is 3. The third-order valence-corrected chi connectivity index (χ3v) is 8.71. The van der Waals surface area contributed by atoms with Crippen molar-refractivity contribution in [2.24, 2.45) is 49.6 Å². The molecule has 7 heteroatoms. The molecule has 4 rings (SSSR count). The Kier molecular flexibility index (Phi) is 17.5. The van der Waals surface area contributed by atoms with Gasteiger partial charge in [-0.1, -0.05) is 84.6 Å². The van der Waals surface area contributed by atoms with Crippen molar-refractivity contribution in [2.45, 2.75) is 149 Å². The molecule has 7 nitrogen and oxygen atoms in total. The lowest BCUT2D eigenvalue weighted by Crippen LogP contribution is -2.31. The highest BCUT2D eigenvalue weighted by molar-refractivity contribution is 6.00. The van der Waals surface area contributed by atoms with Gasteiger partial charge < -0.3 is 15.3 Å². The molecular formula is C41H68N4O3. The predicted molar refractivity (Wildman–Crippen MR) is 208 cm³/mol. The smallest absolute Gasteiger partial charge is 0.127 e. The van der Waals surface area contributed by atoms with Crippen molar-refractivity contribution >= 4 is 22.8 Å². The predicted octanol–water partition coefficient (Wildman–Crippen LogP) is 9.62. The Hall–Kier alpha value is -2.74. The summed E-state index contributed by atoms with van der Waals surface area (Å²) < 4.78 is 0. The molecule has 0 aromatic rings. The minimum atomic E-state index is -0.831. The molecule has 0 unspecified atom stereocenters. The molecule has 3 N–H and O–H groups in total. The number of aliphatic imine (C=N–C) groups is 4. The third-order valence-electron chi connectivity index (χ3n) is 8.71. The van der Waals surface area contributed by atoms with Gasteiger partial charge in [-0.05, 0) is 104 Å². The van der Waals surface area contributed by atoms with Gasteiger partial charge in [0.05, 0.1) is 22.8 Å². The van der Waals surface area contributed by atoms with Gasteiger partial charge in [0, 0.05) is 28.8 Å². The van der Waals surface area contributed by atoms with Gasteiger partial charge in [-0.15, -0.1) is 0 Å². The summed E-state index contributed by atoms with van der Waals surface area (Å²) in [4.78, 5) is 17.8. The Morgan fingerprint density at radius 3 is 1.29 bits per heavy atom. The first-order chi connectivity index (χ1) is 22.1. The number of rotatable bonds is 4. The largest absolute Gasteiger partial charge is 0.386 e. The van der Waals surface area contributed by atoms with Gasteiger partial charge in [0.25, 0.3) is 0 Å². The van der Waals surface area contributed by atoms with Crippen LogP contribution in [0, 0.1) is 29.6 Å². The first kappa shape index (κ1) is 43.3. The molecule has 0 amide bonds. The second-order valence-corrected chi connectivity index (χ2v) is 15.4. The monoisotopic (exact) mass is 665 g/mol. The van der Waals surface area contributed by atoms with Gasteiger partial charge in [0.15, 0.2) is 0 Å². The summed E-state index contributed by atoms with van der Waals surface area (Å²) >= 11 is 0. The van der Waals surface area contributed by atoms with Crippen LogP contribution < -0.4 is 0 Å². The lowest BCUT2D eigenvalue weighted by atomic mass is 9.93. The highest BCUT2D eigenvalue weighted by Crippen LogP contribution is 2.29. The van der Waals surface area contributed by atoms with Crippen LogP contribution in [0.2, 0.25) is 0 Å². The van der Waals surface area contributed by atoms with Crippen LogP contribution in [0.15, 0.2) is 77.2 Å². The lowest BCUT2D eigenvalue weighted by molar-refractivity contribution is 0.0902. The molecule has 48 heavy (non-hydrogen) atoms. The average Bonchev–Trinajstić information content (AvgIpc) is 3.77. The van der Waals surface area contributed by atoms with Gasteiger partial charge in [-0.25, -0.2) is 0 Å². The zero-order valence-electron chi connectivity index (χ0n) is 33.3. The number of nitrogens with zero attached hydrogens (tertiary/aromatic N) is 4. The number of allylic oxidation sites excluding steroid dienone is 7. The summed E-state index contributed by atoms with van der Waals surface area (Å²) in [7, 11) is 0. The summed E-state index contributed by atoms with van der Waals surface area (Å²) in [6.45, 7) is 35.2. The summed E-state index contributed by atoms with van der Waals surface area (Å²) in [5, 5.41) is 29.1. The molecule has 0 saturated carbocycles. The van der Waals surface area contributed by atoms with Crippen LogP contribution in [-0.4, -0.2) is 56.5 Å². The molecule has 0 bridgehead atoms. The molecule has 0 aliphatic carbocycles. The quantitative estimate of drug-likeness (QED) is 0.278. The molecule has 0 radical (unpaired) electrons. The van der Waals surface area contributed by atoms with Gasteiger partial charge in [0.2, 0.25) is 0 Å². The second-order valence-electron chi connectivity index (χ2n) is 15.4. The number of hydrogen-bond donors (Lipinski definition) is 3. The third kappa shape index (κ3) is 12.3. The van der Waals surface area contributed by atoms with Crippen LogP contribution in [0.3, 0.4) is 0 Å². The maximum absolute atomic E-state index is 9.87. The molecule has 4 atom stereocenters. The summed E-state index contributed by atoms with van der Waals surface area (Å²) in [6.07, 6.45) is 4.50. The number of aliphatic hydroxyl groups excluding tert-OH is 3. The van der Waals surface area contributed by atoms with E-state index in [1.807, 2.05) is 48.5 Å². The van der Waals surface area contributed by atoms with Gasteiger partial charge in [0.1, 0.15) is 18.3 Å². The molecule has 0 aromatic heterocycles. The SMILES string of the molecule is CC(C)=C1C=CC(C(C)C)=N1.CC(C)=C1CCC(C(C)C)=N1.CC(C)=C1N=C(C(C)C)[C@H](C)[C@H]1O.CC(C)=C1N=C(C(C)C)[C@H](O)[C@@H]1O. The van der Waals surface area contributed by atoms with Crippen molar-refractivity contribution in [2.75, 3.05) is 0 Å². The number of hydrogen-bond acceptors (Lipinski definition) is 7. The van der Waals surface area contributed by atoms with E-state index in [1.54, 1.807) is 0 Å². The maximum atomic E-state index is 9.87. The highest BCUT2D eigenvalue weighted by Gasteiger charge is 2.34. The second kappa shape index (κ2) is 19.4. The van der Waals surface area contributed by atoms with E-state index in [1.165, 1.54) is 34.7 Å². The molecular weight excluding hydrogens is 596 g/mol. The van der Waals surface area contributed by atoms with Crippen LogP contribution in [0.4, 0.5) is 0 Å². The fraction of sp³-hybridized carbons (Fsp3) is 0.659. The molecule has 0 fully saturated rings. The van der Waals surface area contributed by atoms with E-state index < -0.39 is 12.2 Å². The molecule has 270 valence electrons. The van der Waals surface area contributed by atoms with Crippen molar-refractivity contribution in [1.29, 1.82) is 0 Å². The Morgan fingerprint density at radius 2 is 1.04 bits per heavy atom. The van der Waals surface area contributed by atoms with Crippen molar-refractivity contribution in [3.8, 4) is 0 Å². The van der Waals surface area contributed by atoms with Crippen LogP contribution >= 0.6 is 0 Å². The minimum Gasteiger partial charge on any atom is -0.386 e. The van der Waals surface area contributed by atoms with Crippen LogP contribution in [0.1, 0.15) is 131 Å². The maximum Gasteiger partial charge on any atom is 0.127 e. The van der Waals surface area contributed by atoms with Crippen LogP contribution in [0.25, 0.3) is 0 Å². The van der Waals surface area contributed by atoms with E-state index in [0.717, 1.165) is 34.7 Å². The van der Waals surface area contributed by atoms with E-state index in [4.69, 9.17) is 0 Å². The molecule has 4 aliphatic heterocycles. The van der Waals surface area contributed by atoms with Crippen molar-refractivity contribution < 1.29 is 15.3 Å². The fourth-order valence-electron chi connectivity index (χ4n) is 5.52. The average molecular weight is 665 g/mol. The zero-order chi connectivity index (χ0) is 37.2. The molecule has 0 saturated heterocycles. The van der Waals surface area contributed by atoms with Gasteiger partial charge in [-0.2, -0.15) is 0 Å². The molecule has 0 aromatic carbocycles. The first-order valence-corrected chi connectivity index (χ1v) is 17.9. The minimum absolute atomic E-state index is 0.182. The summed E-state index contributed by atoms with van der Waals surface area (Å²) in [5.74, 6) is 1.97. The topological polar surface area (TPSA) is 110 Å². The molecule has 4 aliphatic rings. The van der Waals surface area contributed by atoms with Crippen LogP contribution in [0.5, 0.6) is 0 Å².